The third-order valence-corrected chi connectivity index (χ3v) is 4.90. The Morgan fingerprint density at radius 2 is 2.10 bits per heavy atom. The summed E-state index contributed by atoms with van der Waals surface area (Å²) in [6.07, 6.45) is 3.18. The molecule has 1 aromatic heterocycles. The van der Waals surface area contributed by atoms with Gasteiger partial charge >= 0.3 is 6.09 Å². The number of guanidine groups is 1. The monoisotopic (exact) mass is 411 g/mol. The molecule has 2 heterocycles. The number of alkyl carbamates (subject to hydrolysis) is 1. The van der Waals surface area contributed by atoms with Crippen molar-refractivity contribution in [3.8, 4) is 0 Å². The topological polar surface area (TPSA) is 78.9 Å². The van der Waals surface area contributed by atoms with Crippen molar-refractivity contribution in [2.75, 3.05) is 26.2 Å². The first-order valence-electron chi connectivity index (χ1n) is 10.7. The van der Waals surface area contributed by atoms with Crippen LogP contribution in [0.15, 0.2) is 41.5 Å². The summed E-state index contributed by atoms with van der Waals surface area (Å²) in [5, 5.41) is 7.50. The number of amides is 1. The van der Waals surface area contributed by atoms with E-state index in [1.54, 1.807) is 0 Å². The summed E-state index contributed by atoms with van der Waals surface area (Å²) in [5.74, 6) is 0.888. The molecule has 1 atom stereocenters. The summed E-state index contributed by atoms with van der Waals surface area (Å²) in [6, 6.07) is 10.4. The molecule has 30 heavy (non-hydrogen) atoms. The molecule has 0 bridgehead atoms. The van der Waals surface area contributed by atoms with Crippen LogP contribution in [-0.4, -0.2) is 59.8 Å². The SMILES string of the molecule is CCNC(=NCCc1cccc2cccnc12)N1CCC(NC(=O)OC(C)(C)C)C1. The first-order chi connectivity index (χ1) is 14.4. The van der Waals surface area contributed by atoms with Crippen molar-refractivity contribution in [3.63, 3.8) is 0 Å². The van der Waals surface area contributed by atoms with Crippen LogP contribution in [0.5, 0.6) is 0 Å². The lowest BCUT2D eigenvalue weighted by molar-refractivity contribution is 0.0507. The molecule has 1 saturated heterocycles. The maximum Gasteiger partial charge on any atom is 0.407 e. The largest absolute Gasteiger partial charge is 0.444 e. The fourth-order valence-corrected chi connectivity index (χ4v) is 3.62. The fourth-order valence-electron chi connectivity index (χ4n) is 3.62. The third-order valence-electron chi connectivity index (χ3n) is 4.90. The van der Waals surface area contributed by atoms with Gasteiger partial charge < -0.3 is 20.3 Å². The summed E-state index contributed by atoms with van der Waals surface area (Å²) in [5.41, 5.74) is 1.76. The highest BCUT2D eigenvalue weighted by atomic mass is 16.6. The Kier molecular flexibility index (Phi) is 7.13. The van der Waals surface area contributed by atoms with E-state index in [2.05, 4.69) is 51.7 Å². The van der Waals surface area contributed by atoms with Crippen molar-refractivity contribution in [2.24, 2.45) is 4.99 Å². The molecule has 3 rings (SSSR count). The number of ether oxygens (including phenoxy) is 1. The minimum absolute atomic E-state index is 0.0611. The number of fused-ring (bicyclic) bond motifs is 1. The zero-order valence-electron chi connectivity index (χ0n) is 18.4. The van der Waals surface area contributed by atoms with E-state index in [4.69, 9.17) is 9.73 Å². The number of hydrogen-bond donors (Lipinski definition) is 2. The van der Waals surface area contributed by atoms with Crippen molar-refractivity contribution >= 4 is 23.0 Å². The summed E-state index contributed by atoms with van der Waals surface area (Å²) >= 11 is 0. The summed E-state index contributed by atoms with van der Waals surface area (Å²) in [4.78, 5) is 23.6. The van der Waals surface area contributed by atoms with E-state index >= 15 is 0 Å². The van der Waals surface area contributed by atoms with Crippen LogP contribution in [0.4, 0.5) is 4.79 Å². The molecule has 2 aromatic rings. The van der Waals surface area contributed by atoms with E-state index in [0.717, 1.165) is 49.3 Å². The molecular formula is C23H33N5O2. The van der Waals surface area contributed by atoms with Gasteiger partial charge in [-0.15, -0.1) is 0 Å². The second kappa shape index (κ2) is 9.78. The quantitative estimate of drug-likeness (QED) is 0.583. The lowest BCUT2D eigenvalue weighted by atomic mass is 10.1. The summed E-state index contributed by atoms with van der Waals surface area (Å²) in [7, 11) is 0. The summed E-state index contributed by atoms with van der Waals surface area (Å²) in [6.45, 7) is 10.7. The van der Waals surface area contributed by atoms with E-state index < -0.39 is 5.60 Å². The number of likely N-dealkylation sites (tertiary alicyclic amines) is 1. The first-order valence-corrected chi connectivity index (χ1v) is 10.7. The number of rotatable bonds is 5. The zero-order valence-corrected chi connectivity index (χ0v) is 18.4. The fraction of sp³-hybridized carbons (Fsp3) is 0.522. The van der Waals surface area contributed by atoms with Crippen LogP contribution in [0.2, 0.25) is 0 Å². The Morgan fingerprint density at radius 3 is 2.87 bits per heavy atom. The maximum atomic E-state index is 12.0. The Labute approximate surface area is 178 Å². The molecule has 1 unspecified atom stereocenters. The van der Waals surface area contributed by atoms with Crippen LogP contribution in [0, 0.1) is 0 Å². The van der Waals surface area contributed by atoms with Crippen molar-refractivity contribution in [1.29, 1.82) is 0 Å². The predicted molar refractivity (Wildman–Crippen MR) is 121 cm³/mol. The van der Waals surface area contributed by atoms with Crippen LogP contribution in [-0.2, 0) is 11.2 Å². The van der Waals surface area contributed by atoms with E-state index in [0.29, 0.717) is 6.54 Å². The van der Waals surface area contributed by atoms with E-state index in [1.807, 2.05) is 33.0 Å². The van der Waals surface area contributed by atoms with Crippen LogP contribution in [0.1, 0.15) is 39.7 Å². The zero-order chi connectivity index (χ0) is 21.6. The molecule has 1 aliphatic rings. The van der Waals surface area contributed by atoms with Crippen LogP contribution in [0.3, 0.4) is 0 Å². The van der Waals surface area contributed by atoms with Gasteiger partial charge in [-0.1, -0.05) is 24.3 Å². The van der Waals surface area contributed by atoms with Crippen molar-refractivity contribution in [2.45, 2.75) is 52.2 Å². The van der Waals surface area contributed by atoms with E-state index in [9.17, 15) is 4.79 Å². The van der Waals surface area contributed by atoms with Gasteiger partial charge in [0, 0.05) is 37.8 Å². The van der Waals surface area contributed by atoms with Crippen molar-refractivity contribution in [1.82, 2.24) is 20.5 Å². The van der Waals surface area contributed by atoms with Gasteiger partial charge in [0.2, 0.25) is 0 Å². The van der Waals surface area contributed by atoms with Crippen LogP contribution in [0.25, 0.3) is 10.9 Å². The van der Waals surface area contributed by atoms with E-state index in [1.165, 1.54) is 5.56 Å². The molecular weight excluding hydrogens is 378 g/mol. The minimum Gasteiger partial charge on any atom is -0.444 e. The number of aliphatic imine (C=N–C) groups is 1. The van der Waals surface area contributed by atoms with Crippen molar-refractivity contribution in [3.05, 3.63) is 42.1 Å². The number of nitrogens with one attached hydrogen (secondary N) is 2. The molecule has 0 aliphatic carbocycles. The van der Waals surface area contributed by atoms with Gasteiger partial charge in [-0.3, -0.25) is 9.98 Å². The van der Waals surface area contributed by atoms with Gasteiger partial charge in [0.1, 0.15) is 5.60 Å². The third kappa shape index (κ3) is 6.08. The van der Waals surface area contributed by atoms with E-state index in [-0.39, 0.29) is 12.1 Å². The minimum atomic E-state index is -0.491. The molecule has 1 aromatic carbocycles. The molecule has 162 valence electrons. The highest BCUT2D eigenvalue weighted by molar-refractivity contribution is 5.82. The van der Waals surface area contributed by atoms with Gasteiger partial charge in [0.05, 0.1) is 11.6 Å². The number of hydrogen-bond acceptors (Lipinski definition) is 4. The highest BCUT2D eigenvalue weighted by Gasteiger charge is 2.27. The second-order valence-corrected chi connectivity index (χ2v) is 8.56. The van der Waals surface area contributed by atoms with Crippen LogP contribution < -0.4 is 10.6 Å². The first kappa shape index (κ1) is 21.9. The Bertz CT molecular complexity index is 885. The smallest absolute Gasteiger partial charge is 0.407 e. The molecule has 2 N–H and O–H groups in total. The van der Waals surface area contributed by atoms with Crippen molar-refractivity contribution < 1.29 is 9.53 Å². The lowest BCUT2D eigenvalue weighted by Crippen LogP contribution is -2.44. The molecule has 0 spiro atoms. The average Bonchev–Trinajstić information content (AvgIpc) is 3.14. The normalized spacial score (nSPS) is 17.3. The number of carbonyl (C=O) groups is 1. The van der Waals surface area contributed by atoms with Gasteiger partial charge in [-0.25, -0.2) is 4.79 Å². The number of carbonyl (C=O) groups excluding carboxylic acids is 1. The van der Waals surface area contributed by atoms with Gasteiger partial charge in [0.25, 0.3) is 0 Å². The Hall–Kier alpha value is -2.83. The molecule has 1 fully saturated rings. The van der Waals surface area contributed by atoms with Gasteiger partial charge in [-0.2, -0.15) is 0 Å². The lowest BCUT2D eigenvalue weighted by Gasteiger charge is -2.23. The Morgan fingerprint density at radius 1 is 1.30 bits per heavy atom. The number of nitrogens with zero attached hydrogens (tertiary/aromatic N) is 3. The Balaban J connectivity index is 1.59. The second-order valence-electron chi connectivity index (χ2n) is 8.56. The van der Waals surface area contributed by atoms with Gasteiger partial charge in [0.15, 0.2) is 5.96 Å². The number of pyridine rings is 1. The number of benzene rings is 1. The molecule has 0 radical (unpaired) electrons. The predicted octanol–water partition coefficient (Wildman–Crippen LogP) is 3.34. The average molecular weight is 412 g/mol. The molecule has 7 nitrogen and oxygen atoms in total. The number of aromatic nitrogens is 1. The number of para-hydroxylation sites is 1. The molecule has 7 heteroatoms. The molecule has 0 saturated carbocycles. The standard InChI is InChI=1S/C23H33N5O2/c1-5-24-21(28-15-12-19(16-28)27-22(29)30-23(2,3)4)26-14-11-18-9-6-8-17-10-7-13-25-20(17)18/h6-10,13,19H,5,11-12,14-16H2,1-4H3,(H,24,26)(H,27,29). The molecule has 1 aliphatic heterocycles. The van der Waals surface area contributed by atoms with Crippen LogP contribution >= 0.6 is 0 Å². The maximum absolute atomic E-state index is 12.0. The summed E-state index contributed by atoms with van der Waals surface area (Å²) < 4.78 is 5.37. The molecule has 1 amide bonds. The van der Waals surface area contributed by atoms with Gasteiger partial charge in [-0.05, 0) is 52.2 Å². The highest BCUT2D eigenvalue weighted by Crippen LogP contribution is 2.17.